The molecule has 1 aromatic heterocycles. The first kappa shape index (κ1) is 23.8. The predicted octanol–water partition coefficient (Wildman–Crippen LogP) is 4.68. The van der Waals surface area contributed by atoms with Crippen LogP contribution in [0.25, 0.3) is 22.3 Å². The van der Waals surface area contributed by atoms with Gasteiger partial charge in [0.25, 0.3) is 0 Å². The van der Waals surface area contributed by atoms with Crippen LogP contribution in [0.3, 0.4) is 0 Å². The number of hydrogen-bond donors (Lipinski definition) is 1. The molecule has 1 N–H and O–H groups in total. The summed E-state index contributed by atoms with van der Waals surface area (Å²) in [7, 11) is 0. The molecule has 0 spiro atoms. The molecule has 7 nitrogen and oxygen atoms in total. The molecule has 1 aliphatic heterocycles. The molecule has 0 saturated carbocycles. The summed E-state index contributed by atoms with van der Waals surface area (Å²) >= 11 is 9.68. The highest BCUT2D eigenvalue weighted by molar-refractivity contribution is 9.10. The standard InChI is InChI=1S/C24H23BrClNO6/c25-16-4-5-18(22-13-20(28)17-2-1-3-19(26)23(17)33-22)21(12-16)32-11-10-31-9-8-27-7-6-15(14-27)24(29)30/h1-5,12-13,15H,6-11,14H2,(H,29,30)/t15-/m1/s1. The zero-order chi connectivity index (χ0) is 23.4. The van der Waals surface area contributed by atoms with Gasteiger partial charge in [0.15, 0.2) is 11.0 Å². The van der Waals surface area contributed by atoms with Gasteiger partial charge in [0.2, 0.25) is 0 Å². The van der Waals surface area contributed by atoms with Crippen LogP contribution in [0, 0.1) is 5.92 Å². The Morgan fingerprint density at radius 3 is 2.85 bits per heavy atom. The summed E-state index contributed by atoms with van der Waals surface area (Å²) in [6.45, 7) is 3.21. The molecule has 1 atom stereocenters. The minimum Gasteiger partial charge on any atom is -0.490 e. The van der Waals surface area contributed by atoms with Gasteiger partial charge in [-0.25, -0.2) is 0 Å². The van der Waals surface area contributed by atoms with Crippen molar-refractivity contribution in [1.82, 2.24) is 4.90 Å². The number of rotatable bonds is 9. The highest BCUT2D eigenvalue weighted by Crippen LogP contribution is 2.34. The van der Waals surface area contributed by atoms with Crippen LogP contribution in [0.2, 0.25) is 5.02 Å². The number of benzene rings is 2. The molecule has 9 heteroatoms. The molecular weight excluding hydrogens is 514 g/mol. The number of carbonyl (C=O) groups is 1. The Balaban J connectivity index is 1.37. The van der Waals surface area contributed by atoms with E-state index in [9.17, 15) is 9.59 Å². The molecule has 33 heavy (non-hydrogen) atoms. The first-order valence-corrected chi connectivity index (χ1v) is 11.8. The van der Waals surface area contributed by atoms with E-state index in [1.54, 1.807) is 18.2 Å². The lowest BCUT2D eigenvalue weighted by Gasteiger charge is -2.15. The fourth-order valence-corrected chi connectivity index (χ4v) is 4.39. The van der Waals surface area contributed by atoms with Gasteiger partial charge in [0.05, 0.1) is 35.1 Å². The van der Waals surface area contributed by atoms with Gasteiger partial charge in [-0.05, 0) is 43.3 Å². The van der Waals surface area contributed by atoms with E-state index < -0.39 is 5.97 Å². The molecule has 0 amide bonds. The monoisotopic (exact) mass is 535 g/mol. The fraction of sp³-hybridized carbons (Fsp3) is 0.333. The minimum absolute atomic E-state index is 0.182. The maximum atomic E-state index is 12.6. The van der Waals surface area contributed by atoms with E-state index in [0.717, 1.165) is 11.0 Å². The molecule has 0 radical (unpaired) electrons. The van der Waals surface area contributed by atoms with Gasteiger partial charge in [-0.15, -0.1) is 0 Å². The van der Waals surface area contributed by atoms with Gasteiger partial charge in [-0.3, -0.25) is 9.59 Å². The number of likely N-dealkylation sites (tertiary alicyclic amines) is 1. The van der Waals surface area contributed by atoms with Crippen molar-refractivity contribution < 1.29 is 23.8 Å². The summed E-state index contributed by atoms with van der Waals surface area (Å²) in [6.07, 6.45) is 0.681. The van der Waals surface area contributed by atoms with E-state index >= 15 is 0 Å². The highest BCUT2D eigenvalue weighted by atomic mass is 79.9. The zero-order valence-electron chi connectivity index (χ0n) is 17.8. The average Bonchev–Trinajstić information content (AvgIpc) is 3.26. The summed E-state index contributed by atoms with van der Waals surface area (Å²) in [4.78, 5) is 25.7. The van der Waals surface area contributed by atoms with Crippen molar-refractivity contribution in [2.45, 2.75) is 6.42 Å². The van der Waals surface area contributed by atoms with E-state index in [1.807, 2.05) is 18.2 Å². The number of nitrogens with zero attached hydrogens (tertiary/aromatic N) is 1. The van der Waals surface area contributed by atoms with Crippen LogP contribution in [0.5, 0.6) is 5.75 Å². The summed E-state index contributed by atoms with van der Waals surface area (Å²) in [5.41, 5.74) is 0.790. The Morgan fingerprint density at radius 2 is 2.06 bits per heavy atom. The molecular formula is C24H23BrClNO6. The average molecular weight is 537 g/mol. The zero-order valence-corrected chi connectivity index (χ0v) is 20.1. The van der Waals surface area contributed by atoms with Crippen molar-refractivity contribution in [3.05, 3.63) is 62.2 Å². The number of halogens is 2. The van der Waals surface area contributed by atoms with Crippen molar-refractivity contribution in [2.24, 2.45) is 5.92 Å². The SMILES string of the molecule is O=C(O)[C@@H]1CCN(CCOCCOc2cc(Br)ccc2-c2cc(=O)c3cccc(Cl)c3o2)C1. The minimum atomic E-state index is -0.735. The largest absolute Gasteiger partial charge is 0.490 e. The number of ether oxygens (including phenoxy) is 2. The van der Waals surface area contributed by atoms with E-state index in [2.05, 4.69) is 20.8 Å². The Morgan fingerprint density at radius 1 is 1.21 bits per heavy atom. The highest BCUT2D eigenvalue weighted by Gasteiger charge is 2.27. The van der Waals surface area contributed by atoms with Crippen LogP contribution in [0.1, 0.15) is 6.42 Å². The summed E-state index contributed by atoms with van der Waals surface area (Å²) < 4.78 is 18.4. The van der Waals surface area contributed by atoms with Gasteiger partial charge in [-0.2, -0.15) is 0 Å². The molecule has 0 unspecified atom stereocenters. The quantitative estimate of drug-likeness (QED) is 0.397. The third-order valence-electron chi connectivity index (χ3n) is 5.57. The number of aliphatic carboxylic acids is 1. The third kappa shape index (κ3) is 5.76. The first-order chi connectivity index (χ1) is 15.9. The van der Waals surface area contributed by atoms with Crippen molar-refractivity contribution >= 4 is 44.5 Å². The topological polar surface area (TPSA) is 89.2 Å². The smallest absolute Gasteiger partial charge is 0.307 e. The van der Waals surface area contributed by atoms with Crippen molar-refractivity contribution in [1.29, 1.82) is 0 Å². The molecule has 1 fully saturated rings. The number of carboxylic acids is 1. The Bertz CT molecular complexity index is 1210. The second kappa shape index (κ2) is 10.7. The van der Waals surface area contributed by atoms with E-state index in [1.165, 1.54) is 6.07 Å². The lowest BCUT2D eigenvalue weighted by atomic mass is 10.1. The lowest BCUT2D eigenvalue weighted by molar-refractivity contribution is -0.141. The van der Waals surface area contributed by atoms with Crippen LogP contribution in [-0.4, -0.2) is 55.4 Å². The van der Waals surface area contributed by atoms with Crippen molar-refractivity contribution in [3.8, 4) is 17.1 Å². The molecule has 1 saturated heterocycles. The Kier molecular flexibility index (Phi) is 7.70. The predicted molar refractivity (Wildman–Crippen MR) is 129 cm³/mol. The molecule has 2 aromatic carbocycles. The van der Waals surface area contributed by atoms with E-state index in [4.69, 9.17) is 30.6 Å². The van der Waals surface area contributed by atoms with Gasteiger partial charge in [0, 0.05) is 23.6 Å². The number of carboxylic acid groups (broad SMARTS) is 1. The van der Waals surface area contributed by atoms with Gasteiger partial charge in [-0.1, -0.05) is 33.6 Å². The van der Waals surface area contributed by atoms with Crippen LogP contribution in [-0.2, 0) is 9.53 Å². The molecule has 0 aliphatic carbocycles. The van der Waals surface area contributed by atoms with Crippen molar-refractivity contribution in [2.75, 3.05) is 39.5 Å². The molecule has 174 valence electrons. The van der Waals surface area contributed by atoms with Crippen LogP contribution < -0.4 is 10.2 Å². The fourth-order valence-electron chi connectivity index (χ4n) is 3.84. The molecule has 1 aliphatic rings. The summed E-state index contributed by atoms with van der Waals surface area (Å²) in [6, 6.07) is 12.0. The third-order valence-corrected chi connectivity index (χ3v) is 6.37. The van der Waals surface area contributed by atoms with Crippen LogP contribution in [0.15, 0.2) is 56.1 Å². The van der Waals surface area contributed by atoms with Gasteiger partial charge >= 0.3 is 5.97 Å². The molecule has 2 heterocycles. The van der Waals surface area contributed by atoms with Crippen LogP contribution >= 0.6 is 27.5 Å². The summed E-state index contributed by atoms with van der Waals surface area (Å²) in [5.74, 6) is -0.105. The van der Waals surface area contributed by atoms with Gasteiger partial charge < -0.3 is 23.9 Å². The Hall–Kier alpha value is -2.39. The molecule has 3 aromatic rings. The summed E-state index contributed by atoms with van der Waals surface area (Å²) in [5, 5.41) is 9.87. The number of fused-ring (bicyclic) bond motifs is 1. The maximum Gasteiger partial charge on any atom is 0.307 e. The van der Waals surface area contributed by atoms with E-state index in [-0.39, 0.29) is 11.3 Å². The normalized spacial score (nSPS) is 16.4. The van der Waals surface area contributed by atoms with Crippen molar-refractivity contribution in [3.63, 3.8) is 0 Å². The lowest BCUT2D eigenvalue weighted by Crippen LogP contribution is -2.27. The number of para-hydroxylation sites is 1. The molecule has 4 rings (SSSR count). The van der Waals surface area contributed by atoms with Gasteiger partial charge in [0.1, 0.15) is 18.1 Å². The Labute approximate surface area is 204 Å². The van der Waals surface area contributed by atoms with E-state index in [0.29, 0.717) is 72.4 Å². The second-order valence-corrected chi connectivity index (χ2v) is 9.14. The first-order valence-electron chi connectivity index (χ1n) is 10.6. The number of hydrogen-bond acceptors (Lipinski definition) is 6. The van der Waals surface area contributed by atoms with Crippen LogP contribution in [0.4, 0.5) is 0 Å². The second-order valence-electron chi connectivity index (χ2n) is 7.82. The molecule has 0 bridgehead atoms. The maximum absolute atomic E-state index is 12.6.